The second kappa shape index (κ2) is 12.1. The fourth-order valence-electron chi connectivity index (χ4n) is 5.56. The molecule has 2 amide bonds. The minimum Gasteiger partial charge on any atom is -0.489 e. The summed E-state index contributed by atoms with van der Waals surface area (Å²) >= 11 is 6.18. The molecule has 2 aromatic carbocycles. The SMILES string of the molecule is C[C@H](CC(=O)O)Oc1ccccc1-c1ccc(C(=O)N2CCC(N3C(=O)C(C)(C)Oc4ncc(Cl)cc43)CC2)c([N+](=O)[O-])c1. The Morgan fingerprint density at radius 1 is 1.20 bits per heavy atom. The van der Waals surface area contributed by atoms with Crippen LogP contribution in [0.3, 0.4) is 0 Å². The number of hydrogen-bond donors (Lipinski definition) is 1. The lowest BCUT2D eigenvalue weighted by Gasteiger charge is -2.44. The lowest BCUT2D eigenvalue weighted by molar-refractivity contribution is -0.385. The predicted octanol–water partition coefficient (Wildman–Crippen LogP) is 5.36. The van der Waals surface area contributed by atoms with Gasteiger partial charge in [-0.25, -0.2) is 4.98 Å². The monoisotopic (exact) mass is 622 g/mol. The van der Waals surface area contributed by atoms with E-state index in [1.54, 1.807) is 67.0 Å². The highest BCUT2D eigenvalue weighted by molar-refractivity contribution is 6.31. The van der Waals surface area contributed by atoms with Crippen molar-refractivity contribution in [3.8, 4) is 22.8 Å². The van der Waals surface area contributed by atoms with Crippen molar-refractivity contribution in [1.29, 1.82) is 0 Å². The third-order valence-electron chi connectivity index (χ3n) is 7.67. The summed E-state index contributed by atoms with van der Waals surface area (Å²) in [5, 5.41) is 21.6. The van der Waals surface area contributed by atoms with E-state index in [1.165, 1.54) is 18.3 Å². The third-order valence-corrected chi connectivity index (χ3v) is 7.88. The van der Waals surface area contributed by atoms with Crippen molar-refractivity contribution < 1.29 is 33.9 Å². The van der Waals surface area contributed by atoms with E-state index in [4.69, 9.17) is 26.2 Å². The molecule has 230 valence electrons. The molecule has 44 heavy (non-hydrogen) atoms. The van der Waals surface area contributed by atoms with Crippen LogP contribution in [0.2, 0.25) is 5.02 Å². The second-order valence-electron chi connectivity index (χ2n) is 11.3. The Balaban J connectivity index is 1.36. The largest absolute Gasteiger partial charge is 0.489 e. The van der Waals surface area contributed by atoms with E-state index in [2.05, 4.69) is 4.98 Å². The number of carboxylic acid groups (broad SMARTS) is 1. The van der Waals surface area contributed by atoms with Gasteiger partial charge in [-0.15, -0.1) is 0 Å². The number of piperidine rings is 1. The van der Waals surface area contributed by atoms with Crippen molar-refractivity contribution >= 4 is 40.8 Å². The van der Waals surface area contributed by atoms with Crippen LogP contribution in [0.1, 0.15) is 50.4 Å². The number of halogens is 1. The molecule has 12 nitrogen and oxygen atoms in total. The molecule has 0 radical (unpaired) electrons. The zero-order valence-corrected chi connectivity index (χ0v) is 25.1. The van der Waals surface area contributed by atoms with E-state index in [0.29, 0.717) is 46.3 Å². The number of carbonyl (C=O) groups is 3. The molecule has 1 aromatic heterocycles. The molecule has 0 aliphatic carbocycles. The molecule has 2 aliphatic rings. The van der Waals surface area contributed by atoms with E-state index in [0.717, 1.165) is 0 Å². The highest BCUT2D eigenvalue weighted by Gasteiger charge is 2.45. The molecule has 5 rings (SSSR count). The van der Waals surface area contributed by atoms with Crippen LogP contribution < -0.4 is 14.4 Å². The minimum atomic E-state index is -1.14. The summed E-state index contributed by atoms with van der Waals surface area (Å²) in [6.45, 7) is 5.51. The molecule has 3 aromatic rings. The Labute approximate surface area is 258 Å². The van der Waals surface area contributed by atoms with Gasteiger partial charge in [0.05, 0.1) is 16.4 Å². The van der Waals surface area contributed by atoms with Crippen molar-refractivity contribution in [2.75, 3.05) is 18.0 Å². The number of pyridine rings is 1. The first-order chi connectivity index (χ1) is 20.9. The number of nitrogens with zero attached hydrogens (tertiary/aromatic N) is 4. The molecular weight excluding hydrogens is 592 g/mol. The first kappa shape index (κ1) is 30.7. The molecule has 0 spiro atoms. The smallest absolute Gasteiger partial charge is 0.307 e. The molecule has 2 aliphatic heterocycles. The fraction of sp³-hybridized carbons (Fsp3) is 0.355. The van der Waals surface area contributed by atoms with Crippen LogP contribution >= 0.6 is 11.6 Å². The number of anilines is 1. The maximum atomic E-state index is 13.6. The number of hydrogen-bond acceptors (Lipinski definition) is 8. The molecule has 1 N–H and O–H groups in total. The van der Waals surface area contributed by atoms with E-state index >= 15 is 0 Å². The normalized spacial score (nSPS) is 17.0. The number of benzene rings is 2. The standard InChI is InChI=1S/C31H31ClN4O8/c1-18(14-27(37)38)43-26-7-5-4-6-22(26)19-8-9-23(24(15-19)36(41)42)29(39)34-12-10-21(11-13-34)35-25-16-20(32)17-33-28(25)44-31(2,3)30(35)40/h4-9,15-18,21H,10-14H2,1-3H3,(H,37,38)/t18-/m1/s1. The Bertz CT molecular complexity index is 1640. The van der Waals surface area contributed by atoms with Gasteiger partial charge in [-0.05, 0) is 57.4 Å². The molecule has 1 fully saturated rings. The van der Waals surface area contributed by atoms with E-state index < -0.39 is 28.5 Å². The van der Waals surface area contributed by atoms with Gasteiger partial charge < -0.3 is 24.4 Å². The minimum absolute atomic E-state index is 0.0558. The summed E-state index contributed by atoms with van der Waals surface area (Å²) in [4.78, 5) is 57.1. The number of aromatic nitrogens is 1. The first-order valence-corrected chi connectivity index (χ1v) is 14.5. The molecule has 3 heterocycles. The maximum Gasteiger partial charge on any atom is 0.307 e. The number of amides is 2. The topological polar surface area (TPSA) is 152 Å². The number of carboxylic acids is 1. The van der Waals surface area contributed by atoms with Gasteiger partial charge >= 0.3 is 5.97 Å². The number of para-hydroxylation sites is 1. The maximum absolute atomic E-state index is 13.6. The lowest BCUT2D eigenvalue weighted by atomic mass is 9.96. The summed E-state index contributed by atoms with van der Waals surface area (Å²) in [5.41, 5.74) is -0.103. The van der Waals surface area contributed by atoms with Gasteiger partial charge in [-0.3, -0.25) is 24.5 Å². The highest BCUT2D eigenvalue weighted by Crippen LogP contribution is 2.41. The average molecular weight is 623 g/mol. The van der Waals surface area contributed by atoms with Crippen LogP contribution in [0.15, 0.2) is 54.7 Å². The molecular formula is C31H31ClN4O8. The molecule has 0 unspecified atom stereocenters. The van der Waals surface area contributed by atoms with Crippen LogP contribution in [0.4, 0.5) is 11.4 Å². The summed E-state index contributed by atoms with van der Waals surface area (Å²) < 4.78 is 11.6. The third kappa shape index (κ3) is 6.16. The summed E-state index contributed by atoms with van der Waals surface area (Å²) in [6.07, 6.45) is 1.48. The zero-order chi connectivity index (χ0) is 31.8. The molecule has 0 saturated carbocycles. The van der Waals surface area contributed by atoms with Crippen molar-refractivity contribution in [2.24, 2.45) is 0 Å². The van der Waals surface area contributed by atoms with Crippen LogP contribution in [0.5, 0.6) is 11.6 Å². The molecule has 13 heteroatoms. The number of aliphatic carboxylic acids is 1. The lowest BCUT2D eigenvalue weighted by Crippen LogP contribution is -2.58. The zero-order valence-electron chi connectivity index (χ0n) is 24.4. The molecule has 1 saturated heterocycles. The van der Waals surface area contributed by atoms with Gasteiger partial charge in [-0.2, -0.15) is 0 Å². The van der Waals surface area contributed by atoms with E-state index in [9.17, 15) is 24.5 Å². The van der Waals surface area contributed by atoms with Crippen molar-refractivity contribution in [3.05, 3.63) is 75.4 Å². The summed E-state index contributed by atoms with van der Waals surface area (Å²) in [5.74, 6) is -1.07. The average Bonchev–Trinajstić information content (AvgIpc) is 2.97. The number of rotatable bonds is 8. The predicted molar refractivity (Wildman–Crippen MR) is 161 cm³/mol. The quantitative estimate of drug-likeness (QED) is 0.258. The summed E-state index contributed by atoms with van der Waals surface area (Å²) in [7, 11) is 0. The van der Waals surface area contributed by atoms with Gasteiger partial charge in [0.25, 0.3) is 17.5 Å². The summed E-state index contributed by atoms with van der Waals surface area (Å²) in [6, 6.07) is 12.6. The van der Waals surface area contributed by atoms with Crippen LogP contribution in [-0.2, 0) is 9.59 Å². The van der Waals surface area contributed by atoms with Crippen molar-refractivity contribution in [3.63, 3.8) is 0 Å². The number of ether oxygens (including phenoxy) is 2. The first-order valence-electron chi connectivity index (χ1n) is 14.1. The Morgan fingerprint density at radius 2 is 1.91 bits per heavy atom. The van der Waals surface area contributed by atoms with Crippen LogP contribution in [-0.4, -0.2) is 68.5 Å². The van der Waals surface area contributed by atoms with Gasteiger partial charge in [0.1, 0.15) is 23.1 Å². The van der Waals surface area contributed by atoms with Gasteiger partial charge in [0, 0.05) is 37.0 Å². The van der Waals surface area contributed by atoms with Gasteiger partial charge in [0.15, 0.2) is 5.60 Å². The Kier molecular flexibility index (Phi) is 8.46. The Hall–Kier alpha value is -4.71. The Morgan fingerprint density at radius 3 is 2.59 bits per heavy atom. The molecule has 1 atom stereocenters. The number of nitro benzene ring substituents is 1. The van der Waals surface area contributed by atoms with E-state index in [-0.39, 0.29) is 42.7 Å². The van der Waals surface area contributed by atoms with Crippen molar-refractivity contribution in [2.45, 2.75) is 57.8 Å². The van der Waals surface area contributed by atoms with Crippen LogP contribution in [0.25, 0.3) is 11.1 Å². The number of fused-ring (bicyclic) bond motifs is 1. The second-order valence-corrected chi connectivity index (χ2v) is 11.7. The fourth-order valence-corrected chi connectivity index (χ4v) is 5.71. The van der Waals surface area contributed by atoms with Gasteiger partial charge in [-0.1, -0.05) is 35.9 Å². The van der Waals surface area contributed by atoms with Gasteiger partial charge in [0.2, 0.25) is 5.88 Å². The number of carbonyl (C=O) groups excluding carboxylic acids is 2. The number of nitro groups is 1. The molecule has 0 bridgehead atoms. The van der Waals surface area contributed by atoms with Crippen LogP contribution in [0, 0.1) is 10.1 Å². The highest BCUT2D eigenvalue weighted by atomic mass is 35.5. The van der Waals surface area contributed by atoms with Crippen molar-refractivity contribution in [1.82, 2.24) is 9.88 Å². The number of likely N-dealkylation sites (tertiary alicyclic amines) is 1. The van der Waals surface area contributed by atoms with E-state index in [1.807, 2.05) is 0 Å².